The zero-order valence-corrected chi connectivity index (χ0v) is 15.2. The Morgan fingerprint density at radius 3 is 2.74 bits per heavy atom. The lowest BCUT2D eigenvalue weighted by atomic mass is 10.1. The van der Waals surface area contributed by atoms with Gasteiger partial charge in [0.2, 0.25) is 0 Å². The zero-order valence-electron chi connectivity index (χ0n) is 15.2. The van der Waals surface area contributed by atoms with Crippen LogP contribution in [0.2, 0.25) is 0 Å². The largest absolute Gasteiger partial charge is 0.495 e. The molecule has 144 valence electrons. The number of methoxy groups -OCH3 is 1. The highest BCUT2D eigenvalue weighted by Crippen LogP contribution is 2.30. The van der Waals surface area contributed by atoms with E-state index in [-0.39, 0.29) is 36.8 Å². The molecule has 2 aliphatic rings. The van der Waals surface area contributed by atoms with E-state index in [9.17, 15) is 19.2 Å². The smallest absolute Gasteiger partial charge is 0.397 e. The van der Waals surface area contributed by atoms with E-state index in [1.807, 2.05) is 0 Å². The summed E-state index contributed by atoms with van der Waals surface area (Å²) >= 11 is 0. The number of benzene rings is 1. The molecule has 0 aromatic heterocycles. The number of carbonyl (C=O) groups is 4. The Hall–Kier alpha value is -3.10. The van der Waals surface area contributed by atoms with Crippen molar-refractivity contribution in [2.45, 2.75) is 32.4 Å². The zero-order chi connectivity index (χ0) is 19.6. The highest BCUT2D eigenvalue weighted by atomic mass is 16.5. The van der Waals surface area contributed by atoms with Gasteiger partial charge in [-0.25, -0.2) is 9.59 Å². The third kappa shape index (κ3) is 3.57. The lowest BCUT2D eigenvalue weighted by Crippen LogP contribution is -2.32. The van der Waals surface area contributed by atoms with Crippen molar-refractivity contribution in [3.63, 3.8) is 0 Å². The van der Waals surface area contributed by atoms with Gasteiger partial charge in [-0.15, -0.1) is 0 Å². The topological polar surface area (TPSA) is 105 Å². The van der Waals surface area contributed by atoms with Crippen molar-refractivity contribution in [2.75, 3.05) is 25.6 Å². The predicted octanol–water partition coefficient (Wildman–Crippen LogP) is 1.12. The summed E-state index contributed by atoms with van der Waals surface area (Å²) in [7, 11) is 1.43. The molecule has 1 unspecified atom stereocenters. The standard InChI is InChI=1S/C18H21N3O6/c1-3-27-17(24)15(22)19-12-9-11(6-7-14(12)26-2)10-21-16(23)13-5-4-8-20(13)18(21)25/h6-7,9,13H,3-5,8,10H2,1-2H3,(H,19,22). The lowest BCUT2D eigenvalue weighted by Gasteiger charge is -2.17. The van der Waals surface area contributed by atoms with Crippen LogP contribution in [-0.2, 0) is 25.7 Å². The van der Waals surface area contributed by atoms with Crippen LogP contribution in [0.25, 0.3) is 0 Å². The molecule has 2 aliphatic heterocycles. The number of fused-ring (bicyclic) bond motifs is 1. The number of hydrogen-bond acceptors (Lipinski definition) is 6. The second-order valence-corrected chi connectivity index (χ2v) is 6.27. The molecular formula is C18H21N3O6. The summed E-state index contributed by atoms with van der Waals surface area (Å²) in [6.45, 7) is 2.36. The summed E-state index contributed by atoms with van der Waals surface area (Å²) in [4.78, 5) is 51.1. The average molecular weight is 375 g/mol. The molecule has 1 aromatic rings. The van der Waals surface area contributed by atoms with Gasteiger partial charge in [-0.05, 0) is 37.5 Å². The van der Waals surface area contributed by atoms with Gasteiger partial charge in [-0.2, -0.15) is 0 Å². The monoisotopic (exact) mass is 375 g/mol. The Kier molecular flexibility index (Phi) is 5.29. The van der Waals surface area contributed by atoms with Crippen LogP contribution < -0.4 is 10.1 Å². The van der Waals surface area contributed by atoms with Crippen LogP contribution in [0.5, 0.6) is 5.75 Å². The van der Waals surface area contributed by atoms with Crippen molar-refractivity contribution in [1.29, 1.82) is 0 Å². The number of imide groups is 1. The molecule has 0 radical (unpaired) electrons. The first kappa shape index (κ1) is 18.7. The van der Waals surface area contributed by atoms with Crippen LogP contribution in [-0.4, -0.2) is 59.9 Å². The average Bonchev–Trinajstić information content (AvgIpc) is 3.22. The first-order chi connectivity index (χ1) is 13.0. The molecule has 3 rings (SSSR count). The highest BCUT2D eigenvalue weighted by molar-refractivity contribution is 6.37. The number of rotatable bonds is 5. The number of carbonyl (C=O) groups excluding carboxylic acids is 4. The quantitative estimate of drug-likeness (QED) is 0.470. The molecule has 2 fully saturated rings. The molecule has 0 spiro atoms. The van der Waals surface area contributed by atoms with Gasteiger partial charge in [0.05, 0.1) is 25.9 Å². The fraction of sp³-hybridized carbons (Fsp3) is 0.444. The predicted molar refractivity (Wildman–Crippen MR) is 93.9 cm³/mol. The Morgan fingerprint density at radius 2 is 2.07 bits per heavy atom. The molecule has 1 N–H and O–H groups in total. The number of nitrogens with one attached hydrogen (secondary N) is 1. The van der Waals surface area contributed by atoms with Crippen molar-refractivity contribution in [1.82, 2.24) is 9.80 Å². The van der Waals surface area contributed by atoms with Gasteiger partial charge in [0.1, 0.15) is 11.8 Å². The van der Waals surface area contributed by atoms with Gasteiger partial charge in [0.15, 0.2) is 0 Å². The number of nitrogens with zero attached hydrogens (tertiary/aromatic N) is 2. The maximum atomic E-state index is 12.5. The van der Waals surface area contributed by atoms with Gasteiger partial charge >= 0.3 is 17.9 Å². The second-order valence-electron chi connectivity index (χ2n) is 6.27. The number of amides is 4. The van der Waals surface area contributed by atoms with E-state index in [0.29, 0.717) is 24.3 Å². The summed E-state index contributed by atoms with van der Waals surface area (Å²) in [5.74, 6) is -1.79. The van der Waals surface area contributed by atoms with Crippen molar-refractivity contribution in [3.8, 4) is 5.75 Å². The van der Waals surface area contributed by atoms with Gasteiger partial charge in [0.25, 0.3) is 5.91 Å². The van der Waals surface area contributed by atoms with Crippen LogP contribution in [0.3, 0.4) is 0 Å². The highest BCUT2D eigenvalue weighted by Gasteiger charge is 2.47. The van der Waals surface area contributed by atoms with Gasteiger partial charge in [-0.1, -0.05) is 6.07 Å². The first-order valence-corrected chi connectivity index (χ1v) is 8.73. The van der Waals surface area contributed by atoms with Crippen molar-refractivity contribution < 1.29 is 28.7 Å². The Labute approximate surface area is 156 Å². The lowest BCUT2D eigenvalue weighted by molar-refractivity contribution is -0.152. The van der Waals surface area contributed by atoms with Crippen LogP contribution in [0, 0.1) is 0 Å². The Bertz CT molecular complexity index is 771. The number of ether oxygens (including phenoxy) is 2. The van der Waals surface area contributed by atoms with E-state index < -0.39 is 11.9 Å². The molecule has 9 nitrogen and oxygen atoms in total. The maximum absolute atomic E-state index is 12.5. The maximum Gasteiger partial charge on any atom is 0.397 e. The summed E-state index contributed by atoms with van der Waals surface area (Å²) in [6, 6.07) is 4.21. The third-order valence-corrected chi connectivity index (χ3v) is 4.59. The molecule has 2 saturated heterocycles. The van der Waals surface area contributed by atoms with E-state index >= 15 is 0 Å². The van der Waals surface area contributed by atoms with Gasteiger partial charge in [-0.3, -0.25) is 14.5 Å². The van der Waals surface area contributed by atoms with E-state index in [0.717, 1.165) is 6.42 Å². The van der Waals surface area contributed by atoms with E-state index in [1.165, 1.54) is 12.0 Å². The molecular weight excluding hydrogens is 354 g/mol. The second kappa shape index (κ2) is 7.65. The van der Waals surface area contributed by atoms with E-state index in [4.69, 9.17) is 4.74 Å². The van der Waals surface area contributed by atoms with Gasteiger partial charge in [0, 0.05) is 6.54 Å². The summed E-state index contributed by atoms with van der Waals surface area (Å²) in [5, 5.41) is 2.44. The molecule has 4 amide bonds. The van der Waals surface area contributed by atoms with Gasteiger partial charge < -0.3 is 19.7 Å². The molecule has 0 bridgehead atoms. The fourth-order valence-electron chi connectivity index (χ4n) is 3.33. The summed E-state index contributed by atoms with van der Waals surface area (Å²) < 4.78 is 9.85. The van der Waals surface area contributed by atoms with Crippen LogP contribution in [0.1, 0.15) is 25.3 Å². The molecule has 0 aliphatic carbocycles. The molecule has 27 heavy (non-hydrogen) atoms. The molecule has 0 saturated carbocycles. The SMILES string of the molecule is CCOC(=O)C(=O)Nc1cc(CN2C(=O)C3CCCN3C2=O)ccc1OC. The number of anilines is 1. The van der Waals surface area contributed by atoms with Crippen molar-refractivity contribution >= 4 is 29.5 Å². The minimum atomic E-state index is -1.00. The van der Waals surface area contributed by atoms with E-state index in [2.05, 4.69) is 10.1 Å². The molecule has 2 heterocycles. The molecule has 1 aromatic carbocycles. The van der Waals surface area contributed by atoms with E-state index in [1.54, 1.807) is 30.0 Å². The first-order valence-electron chi connectivity index (χ1n) is 8.73. The minimum Gasteiger partial charge on any atom is -0.495 e. The number of esters is 1. The number of hydrogen-bond donors (Lipinski definition) is 1. The normalized spacial score (nSPS) is 18.5. The van der Waals surface area contributed by atoms with Crippen molar-refractivity contribution in [2.24, 2.45) is 0 Å². The minimum absolute atomic E-state index is 0.0803. The molecule has 9 heteroatoms. The summed E-state index contributed by atoms with van der Waals surface area (Å²) in [6.07, 6.45) is 1.52. The summed E-state index contributed by atoms with van der Waals surface area (Å²) in [5.41, 5.74) is 0.880. The molecule has 1 atom stereocenters. The Balaban J connectivity index is 1.77. The van der Waals surface area contributed by atoms with Crippen molar-refractivity contribution in [3.05, 3.63) is 23.8 Å². The Morgan fingerprint density at radius 1 is 1.30 bits per heavy atom. The third-order valence-electron chi connectivity index (χ3n) is 4.59. The van der Waals surface area contributed by atoms with Crippen LogP contribution in [0.4, 0.5) is 10.5 Å². The fourth-order valence-corrected chi connectivity index (χ4v) is 3.33. The van der Waals surface area contributed by atoms with Crippen LogP contribution in [0.15, 0.2) is 18.2 Å². The number of urea groups is 1. The van der Waals surface area contributed by atoms with Crippen LogP contribution >= 0.6 is 0 Å².